The van der Waals surface area contributed by atoms with E-state index in [1.54, 1.807) is 0 Å². The first kappa shape index (κ1) is 12.5. The van der Waals surface area contributed by atoms with Gasteiger partial charge in [-0.2, -0.15) is 11.1 Å². The third-order valence-corrected chi connectivity index (χ3v) is 11.3. The average molecular weight is 207 g/mol. The van der Waals surface area contributed by atoms with E-state index in [0.717, 1.165) is 5.54 Å². The molecule has 0 N–H and O–H groups in total. The van der Waals surface area contributed by atoms with Crippen LogP contribution in [0.3, 0.4) is 0 Å². The summed E-state index contributed by atoms with van der Waals surface area (Å²) >= 11 is 6.76. The summed E-state index contributed by atoms with van der Waals surface area (Å²) in [6.45, 7) is 11.4. The van der Waals surface area contributed by atoms with Crippen LogP contribution in [0, 0.1) is 0 Å². The van der Waals surface area contributed by atoms with E-state index in [1.165, 1.54) is 18.9 Å². The highest BCUT2D eigenvalue weighted by Gasteiger charge is 2.38. The molecule has 0 nitrogen and oxygen atoms in total. The van der Waals surface area contributed by atoms with Crippen LogP contribution in [0.15, 0.2) is 0 Å². The van der Waals surface area contributed by atoms with E-state index >= 15 is 0 Å². The second-order valence-electron chi connectivity index (χ2n) is 4.14. The summed E-state index contributed by atoms with van der Waals surface area (Å²) in [6, 6.07) is 1.28. The number of hydrogen-bond donors (Lipinski definition) is 0. The zero-order chi connectivity index (χ0) is 9.78. The standard InChI is InChI=1S/C10H23ClSi/c1-6-8-12(11,9(3)4)10(5)7-2/h9-10H,6-8H2,1-5H3. The first-order valence-corrected chi connectivity index (χ1v) is 8.55. The molecule has 0 radical (unpaired) electrons. The lowest BCUT2D eigenvalue weighted by Gasteiger charge is -2.33. The molecule has 0 saturated carbocycles. The van der Waals surface area contributed by atoms with Crippen molar-refractivity contribution in [2.24, 2.45) is 0 Å². The summed E-state index contributed by atoms with van der Waals surface area (Å²) in [6.07, 6.45) is 2.49. The van der Waals surface area contributed by atoms with Gasteiger partial charge in [0.15, 0.2) is 7.38 Å². The molecule has 0 aliphatic heterocycles. The minimum atomic E-state index is -1.46. The van der Waals surface area contributed by atoms with Crippen molar-refractivity contribution in [2.45, 2.75) is 64.6 Å². The van der Waals surface area contributed by atoms with Crippen LogP contribution < -0.4 is 0 Å². The van der Waals surface area contributed by atoms with Crippen molar-refractivity contribution in [1.82, 2.24) is 0 Å². The Hall–Kier alpha value is 0.507. The summed E-state index contributed by atoms with van der Waals surface area (Å²) in [5.74, 6) is 0. The second-order valence-corrected chi connectivity index (χ2v) is 10.7. The number of rotatable bonds is 5. The summed E-state index contributed by atoms with van der Waals surface area (Å²) in [5.41, 5.74) is 1.48. The van der Waals surface area contributed by atoms with Gasteiger partial charge in [-0.15, -0.1) is 0 Å². The molecule has 0 amide bonds. The molecule has 2 atom stereocenters. The van der Waals surface area contributed by atoms with Gasteiger partial charge in [-0.05, 0) is 17.1 Å². The van der Waals surface area contributed by atoms with E-state index in [2.05, 4.69) is 34.6 Å². The molecule has 0 aliphatic carbocycles. The van der Waals surface area contributed by atoms with Gasteiger partial charge in [0.1, 0.15) is 0 Å². The molecule has 0 saturated heterocycles. The molecule has 2 heteroatoms. The van der Waals surface area contributed by atoms with Crippen molar-refractivity contribution in [2.75, 3.05) is 0 Å². The van der Waals surface area contributed by atoms with Gasteiger partial charge in [-0.1, -0.05) is 47.5 Å². The normalized spacial score (nSPS) is 19.2. The Labute approximate surface area is 83.4 Å². The van der Waals surface area contributed by atoms with Crippen molar-refractivity contribution in [1.29, 1.82) is 0 Å². The molecule has 0 heterocycles. The molecule has 0 rings (SSSR count). The smallest absolute Gasteiger partial charge is 0.161 e. The third kappa shape index (κ3) is 2.77. The predicted molar refractivity (Wildman–Crippen MR) is 61.5 cm³/mol. The van der Waals surface area contributed by atoms with E-state index in [0.29, 0.717) is 5.54 Å². The molecule has 2 unspecified atom stereocenters. The minimum Gasteiger partial charge on any atom is -0.166 e. The minimum absolute atomic E-state index is 0.717. The molecular weight excluding hydrogens is 184 g/mol. The highest BCUT2D eigenvalue weighted by Crippen LogP contribution is 2.41. The Balaban J connectivity index is 4.37. The Morgan fingerprint density at radius 3 is 1.92 bits per heavy atom. The van der Waals surface area contributed by atoms with Crippen LogP contribution in [0.2, 0.25) is 17.1 Å². The number of hydrogen-bond acceptors (Lipinski definition) is 0. The highest BCUT2D eigenvalue weighted by atomic mass is 35.6. The molecule has 0 aromatic heterocycles. The lowest BCUT2D eigenvalue weighted by molar-refractivity contribution is 0.797. The van der Waals surface area contributed by atoms with Crippen molar-refractivity contribution < 1.29 is 0 Å². The first-order valence-electron chi connectivity index (χ1n) is 5.17. The van der Waals surface area contributed by atoms with Crippen molar-refractivity contribution in [3.63, 3.8) is 0 Å². The van der Waals surface area contributed by atoms with Crippen LogP contribution >= 0.6 is 11.1 Å². The Morgan fingerprint density at radius 2 is 1.67 bits per heavy atom. The SMILES string of the molecule is CCC[Si](Cl)(C(C)C)C(C)CC. The van der Waals surface area contributed by atoms with Crippen molar-refractivity contribution in [3.8, 4) is 0 Å². The van der Waals surface area contributed by atoms with E-state index < -0.39 is 7.38 Å². The van der Waals surface area contributed by atoms with E-state index in [9.17, 15) is 0 Å². The topological polar surface area (TPSA) is 0 Å². The largest absolute Gasteiger partial charge is 0.166 e. The predicted octanol–water partition coefficient (Wildman–Crippen LogP) is 4.79. The molecule has 74 valence electrons. The lowest BCUT2D eigenvalue weighted by atomic mass is 10.4. The molecule has 12 heavy (non-hydrogen) atoms. The van der Waals surface area contributed by atoms with Gasteiger partial charge in [0.2, 0.25) is 0 Å². The molecular formula is C10H23ClSi. The summed E-state index contributed by atoms with van der Waals surface area (Å²) < 4.78 is 0. The fraction of sp³-hybridized carbons (Fsp3) is 1.00. The maximum atomic E-state index is 6.76. The van der Waals surface area contributed by atoms with Crippen LogP contribution in [-0.2, 0) is 0 Å². The molecule has 0 aromatic rings. The molecule has 0 bridgehead atoms. The van der Waals surface area contributed by atoms with Gasteiger partial charge in [0.05, 0.1) is 0 Å². The van der Waals surface area contributed by atoms with Crippen LogP contribution in [0.1, 0.15) is 47.5 Å². The van der Waals surface area contributed by atoms with Crippen molar-refractivity contribution in [3.05, 3.63) is 0 Å². The molecule has 0 spiro atoms. The maximum absolute atomic E-state index is 6.76. The second kappa shape index (κ2) is 5.28. The molecule has 0 aromatic carbocycles. The van der Waals surface area contributed by atoms with Gasteiger partial charge >= 0.3 is 0 Å². The molecule has 0 aliphatic rings. The van der Waals surface area contributed by atoms with Gasteiger partial charge < -0.3 is 0 Å². The zero-order valence-corrected chi connectivity index (χ0v) is 10.9. The van der Waals surface area contributed by atoms with Crippen molar-refractivity contribution >= 4 is 18.5 Å². The summed E-state index contributed by atoms with van der Waals surface area (Å²) in [4.78, 5) is 0. The fourth-order valence-corrected chi connectivity index (χ4v) is 6.51. The summed E-state index contributed by atoms with van der Waals surface area (Å²) in [7, 11) is -1.46. The number of halogens is 1. The van der Waals surface area contributed by atoms with Gasteiger partial charge in [0.25, 0.3) is 0 Å². The highest BCUT2D eigenvalue weighted by molar-refractivity contribution is 7.21. The van der Waals surface area contributed by atoms with E-state index in [1.807, 2.05) is 0 Å². The van der Waals surface area contributed by atoms with Gasteiger partial charge in [0, 0.05) is 0 Å². The van der Waals surface area contributed by atoms with Crippen LogP contribution in [-0.4, -0.2) is 7.38 Å². The maximum Gasteiger partial charge on any atom is 0.161 e. The van der Waals surface area contributed by atoms with E-state index in [-0.39, 0.29) is 0 Å². The monoisotopic (exact) mass is 206 g/mol. The van der Waals surface area contributed by atoms with E-state index in [4.69, 9.17) is 11.1 Å². The third-order valence-electron chi connectivity index (χ3n) is 3.02. The quantitative estimate of drug-likeness (QED) is 0.448. The fourth-order valence-electron chi connectivity index (χ4n) is 1.83. The van der Waals surface area contributed by atoms with Gasteiger partial charge in [-0.3, -0.25) is 0 Å². The van der Waals surface area contributed by atoms with Gasteiger partial charge in [-0.25, -0.2) is 0 Å². The van der Waals surface area contributed by atoms with Crippen LogP contribution in [0.5, 0.6) is 0 Å². The average Bonchev–Trinajstić information content (AvgIpc) is 2.03. The zero-order valence-electron chi connectivity index (χ0n) is 9.15. The van der Waals surface area contributed by atoms with Crippen LogP contribution in [0.25, 0.3) is 0 Å². The first-order chi connectivity index (χ1) is 5.49. The van der Waals surface area contributed by atoms with Crippen LogP contribution in [0.4, 0.5) is 0 Å². The Kier molecular flexibility index (Phi) is 5.51. The lowest BCUT2D eigenvalue weighted by Crippen LogP contribution is -2.35. The Morgan fingerprint density at radius 1 is 1.17 bits per heavy atom. The Bertz CT molecular complexity index is 125. The molecule has 0 fully saturated rings. The summed E-state index contributed by atoms with van der Waals surface area (Å²) in [5, 5.41) is 0.